The molecule has 2 heterocycles. The van der Waals surface area contributed by atoms with E-state index in [1.165, 1.54) is 51.1 Å². The van der Waals surface area contributed by atoms with E-state index in [-0.39, 0.29) is 0 Å². The molecule has 1 aromatic rings. The Labute approximate surface area is 116 Å². The second kappa shape index (κ2) is 5.04. The molecule has 1 atom stereocenters. The van der Waals surface area contributed by atoms with Crippen molar-refractivity contribution in [2.45, 2.75) is 26.2 Å². The largest absolute Gasteiger partial charge is 0.399 e. The number of nitrogen functional groups attached to an aromatic ring is 1. The van der Waals surface area contributed by atoms with Gasteiger partial charge in [0.05, 0.1) is 0 Å². The Bertz CT molecular complexity index is 420. The lowest BCUT2D eigenvalue weighted by Crippen LogP contribution is -2.50. The van der Waals surface area contributed by atoms with E-state index in [1.54, 1.807) is 0 Å². The van der Waals surface area contributed by atoms with E-state index >= 15 is 0 Å². The Kier molecular flexibility index (Phi) is 3.40. The normalized spacial score (nSPS) is 26.6. The Morgan fingerprint density at radius 2 is 1.84 bits per heavy atom. The highest BCUT2D eigenvalue weighted by molar-refractivity contribution is 5.53. The first-order valence-corrected chi connectivity index (χ1v) is 7.51. The zero-order valence-electron chi connectivity index (χ0n) is 11.9. The molecule has 2 aliphatic rings. The maximum absolute atomic E-state index is 5.77. The lowest BCUT2D eigenvalue weighted by Gasteiger charge is -2.49. The molecule has 0 bridgehead atoms. The zero-order valence-corrected chi connectivity index (χ0v) is 11.9. The average Bonchev–Trinajstić information content (AvgIpc) is 2.44. The van der Waals surface area contributed by atoms with Gasteiger partial charge in [-0.05, 0) is 68.0 Å². The zero-order chi connectivity index (χ0) is 13.3. The number of nitrogens with two attached hydrogens (primary N) is 1. The van der Waals surface area contributed by atoms with Crippen LogP contribution in [0.1, 0.15) is 26.2 Å². The molecule has 2 fully saturated rings. The summed E-state index contributed by atoms with van der Waals surface area (Å²) in [6, 6.07) is 8.33. The molecule has 3 heteroatoms. The van der Waals surface area contributed by atoms with Crippen LogP contribution in [0.5, 0.6) is 0 Å². The van der Waals surface area contributed by atoms with Gasteiger partial charge in [-0.2, -0.15) is 0 Å². The predicted molar refractivity (Wildman–Crippen MR) is 81.4 cm³/mol. The van der Waals surface area contributed by atoms with E-state index in [4.69, 9.17) is 5.73 Å². The molecule has 0 amide bonds. The molecule has 3 nitrogen and oxygen atoms in total. The number of rotatable bonds is 1. The fourth-order valence-corrected chi connectivity index (χ4v) is 3.81. The minimum atomic E-state index is 0.593. The first-order valence-electron chi connectivity index (χ1n) is 7.51. The van der Waals surface area contributed by atoms with Crippen LogP contribution in [-0.4, -0.2) is 26.2 Å². The Hall–Kier alpha value is -1.22. The van der Waals surface area contributed by atoms with Crippen molar-refractivity contribution in [1.29, 1.82) is 0 Å². The SMILES string of the molecule is CC1CN(c2ccc(N)cc2)CCC12CCNCC2. The summed E-state index contributed by atoms with van der Waals surface area (Å²) in [5.74, 6) is 0.779. The number of nitrogens with zero attached hydrogens (tertiary/aromatic N) is 1. The van der Waals surface area contributed by atoms with Gasteiger partial charge in [-0.15, -0.1) is 0 Å². The van der Waals surface area contributed by atoms with Crippen LogP contribution >= 0.6 is 0 Å². The summed E-state index contributed by atoms with van der Waals surface area (Å²) in [5.41, 5.74) is 8.54. The molecule has 0 aliphatic carbocycles. The molecule has 19 heavy (non-hydrogen) atoms. The molecule has 1 unspecified atom stereocenters. The minimum absolute atomic E-state index is 0.593. The summed E-state index contributed by atoms with van der Waals surface area (Å²) >= 11 is 0. The molecule has 2 aliphatic heterocycles. The maximum Gasteiger partial charge on any atom is 0.0367 e. The van der Waals surface area contributed by atoms with Crippen LogP contribution in [0.15, 0.2) is 24.3 Å². The van der Waals surface area contributed by atoms with Crippen molar-refractivity contribution in [3.05, 3.63) is 24.3 Å². The van der Waals surface area contributed by atoms with E-state index < -0.39 is 0 Å². The van der Waals surface area contributed by atoms with Crippen LogP contribution in [0.2, 0.25) is 0 Å². The molecule has 3 N–H and O–H groups in total. The van der Waals surface area contributed by atoms with Crippen LogP contribution < -0.4 is 16.0 Å². The third kappa shape index (κ3) is 2.44. The van der Waals surface area contributed by atoms with Crippen molar-refractivity contribution in [3.8, 4) is 0 Å². The highest BCUT2D eigenvalue weighted by Crippen LogP contribution is 2.44. The summed E-state index contributed by atoms with van der Waals surface area (Å²) in [6.45, 7) is 7.21. The van der Waals surface area contributed by atoms with E-state index in [0.717, 1.165) is 11.6 Å². The third-order valence-electron chi connectivity index (χ3n) is 5.28. The standard InChI is InChI=1S/C16H25N3/c1-13-12-19(15-4-2-14(17)3-5-15)11-8-16(13)6-9-18-10-7-16/h2-5,13,18H,6-12,17H2,1H3. The van der Waals surface area contributed by atoms with E-state index in [0.29, 0.717) is 5.41 Å². The fraction of sp³-hybridized carbons (Fsp3) is 0.625. The molecule has 3 rings (SSSR count). The van der Waals surface area contributed by atoms with E-state index in [2.05, 4.69) is 29.3 Å². The Morgan fingerprint density at radius 1 is 1.16 bits per heavy atom. The molecule has 104 valence electrons. The minimum Gasteiger partial charge on any atom is -0.399 e. The molecule has 1 aromatic carbocycles. The highest BCUT2D eigenvalue weighted by Gasteiger charge is 2.41. The molecule has 0 saturated carbocycles. The van der Waals surface area contributed by atoms with Gasteiger partial charge in [0.1, 0.15) is 0 Å². The first kappa shape index (κ1) is 12.8. The number of anilines is 2. The third-order valence-corrected chi connectivity index (χ3v) is 5.28. The number of hydrogen-bond acceptors (Lipinski definition) is 3. The average molecular weight is 259 g/mol. The summed E-state index contributed by atoms with van der Waals surface area (Å²) in [6.07, 6.45) is 4.04. The lowest BCUT2D eigenvalue weighted by molar-refractivity contribution is 0.0897. The van der Waals surface area contributed by atoms with Crippen molar-refractivity contribution < 1.29 is 0 Å². The molecule has 0 aromatic heterocycles. The number of hydrogen-bond donors (Lipinski definition) is 2. The summed E-state index contributed by atoms with van der Waals surface area (Å²) in [5, 5.41) is 3.50. The van der Waals surface area contributed by atoms with Gasteiger partial charge in [-0.25, -0.2) is 0 Å². The number of benzene rings is 1. The van der Waals surface area contributed by atoms with Crippen LogP contribution in [0, 0.1) is 11.3 Å². The quantitative estimate of drug-likeness (QED) is 0.761. The van der Waals surface area contributed by atoms with Crippen LogP contribution in [0.4, 0.5) is 11.4 Å². The summed E-state index contributed by atoms with van der Waals surface area (Å²) < 4.78 is 0. The second-order valence-corrected chi connectivity index (χ2v) is 6.30. The Balaban J connectivity index is 1.71. The van der Waals surface area contributed by atoms with Crippen LogP contribution in [-0.2, 0) is 0 Å². The monoisotopic (exact) mass is 259 g/mol. The van der Waals surface area contributed by atoms with E-state index in [1.807, 2.05) is 12.1 Å². The topological polar surface area (TPSA) is 41.3 Å². The van der Waals surface area contributed by atoms with Crippen molar-refractivity contribution in [2.75, 3.05) is 36.8 Å². The lowest BCUT2D eigenvalue weighted by atomic mass is 9.65. The molecule has 2 saturated heterocycles. The van der Waals surface area contributed by atoms with Gasteiger partial charge in [0.25, 0.3) is 0 Å². The summed E-state index contributed by atoms with van der Waals surface area (Å²) in [4.78, 5) is 2.53. The van der Waals surface area contributed by atoms with Gasteiger partial charge in [0.2, 0.25) is 0 Å². The predicted octanol–water partition coefficient (Wildman–Crippen LogP) is 2.48. The molecule has 1 spiro atoms. The van der Waals surface area contributed by atoms with Crippen molar-refractivity contribution >= 4 is 11.4 Å². The van der Waals surface area contributed by atoms with E-state index in [9.17, 15) is 0 Å². The highest BCUT2D eigenvalue weighted by atomic mass is 15.1. The molecular weight excluding hydrogens is 234 g/mol. The van der Waals surface area contributed by atoms with Gasteiger partial charge in [-0.1, -0.05) is 6.92 Å². The Morgan fingerprint density at radius 3 is 2.47 bits per heavy atom. The maximum atomic E-state index is 5.77. The van der Waals surface area contributed by atoms with Gasteiger partial charge in [-0.3, -0.25) is 0 Å². The van der Waals surface area contributed by atoms with Gasteiger partial charge in [0.15, 0.2) is 0 Å². The van der Waals surface area contributed by atoms with Gasteiger partial charge in [0, 0.05) is 24.5 Å². The second-order valence-electron chi connectivity index (χ2n) is 6.30. The fourth-order valence-electron chi connectivity index (χ4n) is 3.81. The molecule has 0 radical (unpaired) electrons. The number of piperidine rings is 2. The molecular formula is C16H25N3. The van der Waals surface area contributed by atoms with Crippen molar-refractivity contribution in [1.82, 2.24) is 5.32 Å². The van der Waals surface area contributed by atoms with Crippen LogP contribution in [0.3, 0.4) is 0 Å². The van der Waals surface area contributed by atoms with Gasteiger partial charge >= 0.3 is 0 Å². The van der Waals surface area contributed by atoms with Gasteiger partial charge < -0.3 is 16.0 Å². The van der Waals surface area contributed by atoms with Crippen molar-refractivity contribution in [2.24, 2.45) is 11.3 Å². The smallest absolute Gasteiger partial charge is 0.0367 e. The van der Waals surface area contributed by atoms with Crippen LogP contribution in [0.25, 0.3) is 0 Å². The number of nitrogens with one attached hydrogen (secondary N) is 1. The van der Waals surface area contributed by atoms with Crippen molar-refractivity contribution in [3.63, 3.8) is 0 Å². The first-order chi connectivity index (χ1) is 9.20. The summed E-state index contributed by atoms with van der Waals surface area (Å²) in [7, 11) is 0.